The SMILES string of the molecule is CC.CNC(CCC(=O)NCCOCCOCC(=O)NCCOCCOCC(=O)NCCCCC(C)NS)C(=O)O.O=CCCCCCCCCCCCCCCC(=O)O.O=CS. The number of carboxylic acid groups (broad SMARTS) is 2. The van der Waals surface area contributed by atoms with Gasteiger partial charge in [0.05, 0.1) is 39.6 Å². The number of amides is 3. The third kappa shape index (κ3) is 61.3. The number of aldehydes is 1. The van der Waals surface area contributed by atoms with Crippen molar-refractivity contribution in [2.45, 2.75) is 155 Å². The molecule has 372 valence electrons. The minimum Gasteiger partial charge on any atom is -0.481 e. The molecule has 18 nitrogen and oxygen atoms in total. The topological polar surface area (TPSA) is 257 Å². The van der Waals surface area contributed by atoms with Gasteiger partial charge in [-0.1, -0.05) is 97.3 Å². The molecule has 0 fully saturated rings. The van der Waals surface area contributed by atoms with Gasteiger partial charge in [0.2, 0.25) is 17.7 Å². The molecule has 20 heteroatoms. The van der Waals surface area contributed by atoms with E-state index in [9.17, 15) is 28.8 Å². The number of carboxylic acids is 2. The lowest BCUT2D eigenvalue weighted by Gasteiger charge is -2.11. The smallest absolute Gasteiger partial charge is 0.320 e. The van der Waals surface area contributed by atoms with Crippen molar-refractivity contribution < 1.29 is 62.7 Å². The van der Waals surface area contributed by atoms with E-state index in [0.717, 1.165) is 51.2 Å². The Balaban J connectivity index is -0.000000602. The summed E-state index contributed by atoms with van der Waals surface area (Å²) in [6, 6.07) is -0.409. The van der Waals surface area contributed by atoms with E-state index in [1.54, 1.807) is 0 Å². The second-order valence-electron chi connectivity index (χ2n) is 14.1. The van der Waals surface area contributed by atoms with Gasteiger partial charge in [0.1, 0.15) is 25.5 Å². The summed E-state index contributed by atoms with van der Waals surface area (Å²) in [4.78, 5) is 75.0. The van der Waals surface area contributed by atoms with Gasteiger partial charge >= 0.3 is 11.9 Å². The van der Waals surface area contributed by atoms with Gasteiger partial charge in [-0.3, -0.25) is 33.5 Å². The van der Waals surface area contributed by atoms with E-state index < -0.39 is 18.0 Å². The van der Waals surface area contributed by atoms with Crippen LogP contribution in [0.3, 0.4) is 0 Å². The van der Waals surface area contributed by atoms with E-state index in [-0.39, 0.29) is 70.2 Å². The van der Waals surface area contributed by atoms with Crippen molar-refractivity contribution in [3.05, 3.63) is 0 Å². The van der Waals surface area contributed by atoms with Crippen molar-refractivity contribution in [3.63, 3.8) is 0 Å². The van der Waals surface area contributed by atoms with Gasteiger partial charge in [-0.05, 0) is 46.1 Å². The molecule has 0 bridgehead atoms. The Bertz CT molecular complexity index is 1080. The quantitative estimate of drug-likeness (QED) is 0.0228. The second kappa shape index (κ2) is 57.2. The van der Waals surface area contributed by atoms with E-state index in [2.05, 4.69) is 58.4 Å². The molecule has 0 saturated heterocycles. The van der Waals surface area contributed by atoms with Crippen LogP contribution < -0.4 is 26.0 Å². The number of carbonyl (C=O) groups is 7. The first kappa shape index (κ1) is 66.7. The number of thiol groups is 2. The molecule has 0 rings (SSSR count). The molecule has 3 amide bonds. The fraction of sp³-hybridized carbons (Fsp3) is 0.837. The second-order valence-corrected chi connectivity index (χ2v) is 14.5. The summed E-state index contributed by atoms with van der Waals surface area (Å²) in [5.41, 5.74) is 0.444. The number of unbranched alkanes of at least 4 members (excludes halogenated alkanes) is 13. The summed E-state index contributed by atoms with van der Waals surface area (Å²) in [6.07, 6.45) is 19.6. The Labute approximate surface area is 388 Å². The average Bonchev–Trinajstić information content (AvgIpc) is 3.26. The van der Waals surface area contributed by atoms with Crippen LogP contribution in [-0.4, -0.2) is 143 Å². The van der Waals surface area contributed by atoms with Gasteiger partial charge < -0.3 is 55.2 Å². The molecule has 0 aromatic heterocycles. The minimum absolute atomic E-state index is 0.0175. The Morgan fingerprint density at radius 1 is 0.571 bits per heavy atom. The molecular weight excluding hydrogens is 859 g/mol. The van der Waals surface area contributed by atoms with E-state index in [1.165, 1.54) is 64.8 Å². The number of ether oxygens (including phenoxy) is 4. The van der Waals surface area contributed by atoms with Crippen molar-refractivity contribution in [1.82, 2.24) is 26.0 Å². The van der Waals surface area contributed by atoms with Crippen molar-refractivity contribution in [3.8, 4) is 0 Å². The summed E-state index contributed by atoms with van der Waals surface area (Å²) < 4.78 is 24.0. The van der Waals surface area contributed by atoms with E-state index in [0.29, 0.717) is 50.9 Å². The zero-order valence-corrected chi connectivity index (χ0v) is 40.6. The average molecular weight is 944 g/mol. The Kier molecular flexibility index (Phi) is 60.6. The first-order valence-corrected chi connectivity index (χ1v) is 23.6. The van der Waals surface area contributed by atoms with Gasteiger partial charge in [0, 0.05) is 44.9 Å². The molecule has 7 N–H and O–H groups in total. The summed E-state index contributed by atoms with van der Waals surface area (Å²) in [5.74, 6) is -2.36. The molecule has 2 unspecified atom stereocenters. The zero-order chi connectivity index (χ0) is 48.0. The maximum absolute atomic E-state index is 11.7. The van der Waals surface area contributed by atoms with Crippen molar-refractivity contribution in [1.29, 1.82) is 0 Å². The van der Waals surface area contributed by atoms with Gasteiger partial charge in [-0.25, -0.2) is 0 Å². The van der Waals surface area contributed by atoms with E-state index >= 15 is 0 Å². The Morgan fingerprint density at radius 2 is 1.00 bits per heavy atom. The molecular formula is C43H85N5O13S2. The van der Waals surface area contributed by atoms with Crippen molar-refractivity contribution in [2.75, 3.05) is 79.5 Å². The maximum Gasteiger partial charge on any atom is 0.320 e. The monoisotopic (exact) mass is 944 g/mol. The van der Waals surface area contributed by atoms with Crippen LogP contribution in [0.5, 0.6) is 0 Å². The molecule has 2 atom stereocenters. The lowest BCUT2D eigenvalue weighted by atomic mass is 10.0. The van der Waals surface area contributed by atoms with Crippen LogP contribution >= 0.6 is 25.4 Å². The molecule has 0 heterocycles. The number of nitrogens with one attached hydrogen (secondary N) is 5. The fourth-order valence-corrected chi connectivity index (χ4v) is 5.42. The van der Waals surface area contributed by atoms with Crippen LogP contribution in [0.4, 0.5) is 0 Å². The molecule has 0 aromatic rings. The largest absolute Gasteiger partial charge is 0.481 e. The molecule has 63 heavy (non-hydrogen) atoms. The molecule has 0 spiro atoms. The van der Waals surface area contributed by atoms with Crippen LogP contribution in [0.15, 0.2) is 0 Å². The first-order chi connectivity index (χ1) is 30.5. The summed E-state index contributed by atoms with van der Waals surface area (Å²) in [6.45, 7) is 8.81. The highest BCUT2D eigenvalue weighted by Crippen LogP contribution is 2.13. The van der Waals surface area contributed by atoms with Crippen LogP contribution in [0.2, 0.25) is 0 Å². The summed E-state index contributed by atoms with van der Waals surface area (Å²) >= 11 is 7.11. The lowest BCUT2D eigenvalue weighted by molar-refractivity contribution is -0.140. The zero-order valence-electron chi connectivity index (χ0n) is 38.8. The normalized spacial score (nSPS) is 11.2. The summed E-state index contributed by atoms with van der Waals surface area (Å²) in [7, 11) is 1.53. The number of carbonyl (C=O) groups excluding carboxylic acids is 5. The predicted molar refractivity (Wildman–Crippen MR) is 253 cm³/mol. The maximum atomic E-state index is 11.7. The Morgan fingerprint density at radius 3 is 1.43 bits per heavy atom. The van der Waals surface area contributed by atoms with Crippen LogP contribution in [0.25, 0.3) is 0 Å². The number of likely N-dealkylation sites (N-methyl/N-ethyl adjacent to an activating group) is 1. The minimum atomic E-state index is -0.995. The first-order valence-electron chi connectivity index (χ1n) is 22.6. The highest BCUT2D eigenvalue weighted by molar-refractivity contribution is 7.94. The third-order valence-corrected chi connectivity index (χ3v) is 9.16. The molecule has 0 saturated carbocycles. The number of hydrogen-bond acceptors (Lipinski definition) is 14. The van der Waals surface area contributed by atoms with E-state index in [1.807, 2.05) is 13.8 Å². The van der Waals surface area contributed by atoms with Gasteiger partial charge in [0.25, 0.3) is 0 Å². The van der Waals surface area contributed by atoms with Crippen molar-refractivity contribution >= 4 is 67.0 Å². The molecule has 0 aliphatic rings. The molecule has 0 radical (unpaired) electrons. The molecule has 0 aliphatic carbocycles. The van der Waals surface area contributed by atoms with Gasteiger partial charge in [-0.2, -0.15) is 0 Å². The lowest BCUT2D eigenvalue weighted by Crippen LogP contribution is -2.36. The number of hydrogen-bond donors (Lipinski definition) is 9. The van der Waals surface area contributed by atoms with Crippen LogP contribution in [0.1, 0.15) is 143 Å². The fourth-order valence-electron chi connectivity index (χ4n) is 5.29. The van der Waals surface area contributed by atoms with Crippen LogP contribution in [0, 0.1) is 0 Å². The predicted octanol–water partition coefficient (Wildman–Crippen LogP) is 4.71. The highest BCUT2D eigenvalue weighted by atomic mass is 32.1. The Hall–Kier alpha value is -2.85. The summed E-state index contributed by atoms with van der Waals surface area (Å²) in [5, 5.41) is 28.1. The van der Waals surface area contributed by atoms with Crippen LogP contribution in [-0.2, 0) is 52.5 Å². The van der Waals surface area contributed by atoms with Crippen molar-refractivity contribution in [2.24, 2.45) is 0 Å². The molecule has 0 aromatic carbocycles. The standard InChI is InChI=1S/C24H47N5O9S.C16H30O3.C2H6.CH2OS/c1-19(29-39)5-3-4-8-26-22(31)17-37-15-14-36-12-10-28-23(32)18-38-16-13-35-11-9-27-21(30)7-6-20(25-2)24(33)34;17-15-13-11-9-7-5-3-1-2-4-6-8-10-12-14-16(18)19;1-2;2-1-3/h19-20,25,29,39H,3-18H2,1-2H3,(H,26,31)(H,27,30)(H,28,32)(H,33,34);15H,1-14H2,(H,18,19);1-2H3;1H,(H,2,3). The van der Waals surface area contributed by atoms with E-state index in [4.69, 9.17) is 34.0 Å². The number of aliphatic carboxylic acids is 2. The van der Waals surface area contributed by atoms with Gasteiger partial charge in [-0.15, -0.1) is 12.6 Å². The molecule has 0 aliphatic heterocycles. The highest BCUT2D eigenvalue weighted by Gasteiger charge is 2.16. The third-order valence-electron chi connectivity index (χ3n) is 8.72. The number of rotatable bonds is 42. The van der Waals surface area contributed by atoms with Gasteiger partial charge in [0.15, 0.2) is 5.62 Å².